The van der Waals surface area contributed by atoms with E-state index in [0.717, 1.165) is 19.4 Å². The summed E-state index contributed by atoms with van der Waals surface area (Å²) in [7, 11) is 1.69. The summed E-state index contributed by atoms with van der Waals surface area (Å²) < 4.78 is 5.50. The van der Waals surface area contributed by atoms with Gasteiger partial charge < -0.3 is 21.1 Å². The fourth-order valence-electron chi connectivity index (χ4n) is 2.53. The summed E-state index contributed by atoms with van der Waals surface area (Å²) in [6.07, 6.45) is 1.90. The molecule has 0 bridgehead atoms. The van der Waals surface area contributed by atoms with Crippen molar-refractivity contribution in [2.75, 3.05) is 31.7 Å². The maximum absolute atomic E-state index is 12.5. The number of anilines is 2. The first-order valence-corrected chi connectivity index (χ1v) is 6.44. The Morgan fingerprint density at radius 1 is 1.32 bits per heavy atom. The lowest BCUT2D eigenvalue weighted by Crippen LogP contribution is -2.49. The number of hydrogen-bond donors (Lipinski definition) is 2. The van der Waals surface area contributed by atoms with Crippen LogP contribution in [0, 0.1) is 0 Å². The van der Waals surface area contributed by atoms with Crippen molar-refractivity contribution in [2.24, 2.45) is 0 Å². The van der Waals surface area contributed by atoms with E-state index in [1.807, 2.05) is 6.92 Å². The topological polar surface area (TPSA) is 81.6 Å². The van der Waals surface area contributed by atoms with Gasteiger partial charge in [-0.25, -0.2) is 0 Å². The van der Waals surface area contributed by atoms with Crippen molar-refractivity contribution in [1.82, 2.24) is 4.90 Å². The molecule has 1 saturated heterocycles. The highest BCUT2D eigenvalue weighted by molar-refractivity contribution is 5.96. The number of nitrogens with two attached hydrogens (primary N) is 2. The quantitative estimate of drug-likeness (QED) is 0.792. The zero-order valence-electron chi connectivity index (χ0n) is 11.5. The monoisotopic (exact) mass is 263 g/mol. The minimum atomic E-state index is -0.264. The molecule has 1 fully saturated rings. The van der Waals surface area contributed by atoms with Gasteiger partial charge in [0.25, 0.3) is 5.91 Å². The second-order valence-electron chi connectivity index (χ2n) is 5.37. The maximum atomic E-state index is 12.5. The molecule has 5 heteroatoms. The number of rotatable bonds is 2. The van der Waals surface area contributed by atoms with Crippen molar-refractivity contribution in [1.29, 1.82) is 0 Å². The van der Waals surface area contributed by atoms with Crippen LogP contribution in [-0.4, -0.2) is 36.6 Å². The first-order valence-electron chi connectivity index (χ1n) is 6.44. The Labute approximate surface area is 113 Å². The van der Waals surface area contributed by atoms with Gasteiger partial charge in [-0.05, 0) is 38.0 Å². The van der Waals surface area contributed by atoms with Gasteiger partial charge in [-0.15, -0.1) is 0 Å². The van der Waals surface area contributed by atoms with Gasteiger partial charge in [0.2, 0.25) is 0 Å². The standard InChI is InChI=1S/C14H21N3O2/c1-14(19-2)4-3-5-17(9-14)13(18)10-6-11(15)8-12(16)7-10/h6-8H,3-5,9,15-16H2,1-2H3. The Kier molecular flexibility index (Phi) is 3.66. The van der Waals surface area contributed by atoms with Gasteiger partial charge >= 0.3 is 0 Å². The number of benzene rings is 1. The van der Waals surface area contributed by atoms with Crippen LogP contribution in [0.1, 0.15) is 30.1 Å². The molecule has 2 rings (SSSR count). The maximum Gasteiger partial charge on any atom is 0.254 e. The molecule has 104 valence electrons. The van der Waals surface area contributed by atoms with E-state index in [0.29, 0.717) is 23.5 Å². The molecule has 0 aliphatic carbocycles. The van der Waals surface area contributed by atoms with Crippen LogP contribution in [0.25, 0.3) is 0 Å². The van der Waals surface area contributed by atoms with Gasteiger partial charge in [0.15, 0.2) is 0 Å². The molecule has 0 radical (unpaired) electrons. The van der Waals surface area contributed by atoms with E-state index in [9.17, 15) is 4.79 Å². The number of nitrogens with zero attached hydrogens (tertiary/aromatic N) is 1. The normalized spacial score (nSPS) is 23.4. The summed E-state index contributed by atoms with van der Waals surface area (Å²) in [5.41, 5.74) is 12.8. The van der Waals surface area contributed by atoms with Crippen LogP contribution >= 0.6 is 0 Å². The fourth-order valence-corrected chi connectivity index (χ4v) is 2.53. The highest BCUT2D eigenvalue weighted by Crippen LogP contribution is 2.25. The van der Waals surface area contributed by atoms with Gasteiger partial charge in [0, 0.05) is 37.1 Å². The molecule has 1 aliphatic rings. The molecule has 19 heavy (non-hydrogen) atoms. The molecule has 5 nitrogen and oxygen atoms in total. The number of ether oxygens (including phenoxy) is 1. The Hall–Kier alpha value is -1.75. The summed E-state index contributed by atoms with van der Waals surface area (Å²) >= 11 is 0. The third-order valence-corrected chi connectivity index (χ3v) is 3.66. The van der Waals surface area contributed by atoms with Crippen LogP contribution < -0.4 is 11.5 Å². The van der Waals surface area contributed by atoms with Crippen molar-refractivity contribution in [3.05, 3.63) is 23.8 Å². The van der Waals surface area contributed by atoms with Crippen molar-refractivity contribution in [2.45, 2.75) is 25.4 Å². The summed E-state index contributed by atoms with van der Waals surface area (Å²) in [4.78, 5) is 14.3. The molecule has 1 aliphatic heterocycles. The molecule has 1 atom stereocenters. The Balaban J connectivity index is 2.19. The van der Waals surface area contributed by atoms with Crippen LogP contribution in [0.5, 0.6) is 0 Å². The van der Waals surface area contributed by atoms with Crippen LogP contribution in [0.4, 0.5) is 11.4 Å². The number of carbonyl (C=O) groups is 1. The average Bonchev–Trinajstić information content (AvgIpc) is 2.37. The largest absolute Gasteiger partial charge is 0.399 e. The summed E-state index contributed by atoms with van der Waals surface area (Å²) in [5.74, 6) is -0.0398. The molecule has 1 amide bonds. The minimum Gasteiger partial charge on any atom is -0.399 e. The smallest absolute Gasteiger partial charge is 0.254 e. The van der Waals surface area contributed by atoms with E-state index in [1.54, 1.807) is 30.2 Å². The van der Waals surface area contributed by atoms with E-state index in [-0.39, 0.29) is 11.5 Å². The van der Waals surface area contributed by atoms with E-state index < -0.39 is 0 Å². The number of methoxy groups -OCH3 is 1. The molecule has 1 aromatic rings. The van der Waals surface area contributed by atoms with E-state index >= 15 is 0 Å². The number of hydrogen-bond acceptors (Lipinski definition) is 4. The van der Waals surface area contributed by atoms with Gasteiger partial charge in [0.1, 0.15) is 0 Å². The van der Waals surface area contributed by atoms with Gasteiger partial charge in [-0.2, -0.15) is 0 Å². The second-order valence-corrected chi connectivity index (χ2v) is 5.37. The fraction of sp³-hybridized carbons (Fsp3) is 0.500. The van der Waals surface area contributed by atoms with Crippen LogP contribution in [-0.2, 0) is 4.74 Å². The first kappa shape index (κ1) is 13.7. The molecule has 0 saturated carbocycles. The van der Waals surface area contributed by atoms with E-state index in [1.165, 1.54) is 0 Å². The number of carbonyl (C=O) groups excluding carboxylic acids is 1. The predicted octanol–water partition coefficient (Wildman–Crippen LogP) is 1.49. The zero-order valence-corrected chi connectivity index (χ0v) is 11.5. The van der Waals surface area contributed by atoms with Crippen molar-refractivity contribution in [3.63, 3.8) is 0 Å². The molecule has 4 N–H and O–H groups in total. The number of amides is 1. The lowest BCUT2D eigenvalue weighted by Gasteiger charge is -2.39. The molecular weight excluding hydrogens is 242 g/mol. The Morgan fingerprint density at radius 2 is 1.95 bits per heavy atom. The first-order chi connectivity index (χ1) is 8.93. The zero-order chi connectivity index (χ0) is 14.0. The third-order valence-electron chi connectivity index (χ3n) is 3.66. The molecule has 1 aromatic carbocycles. The highest BCUT2D eigenvalue weighted by Gasteiger charge is 2.33. The van der Waals surface area contributed by atoms with Crippen molar-refractivity contribution >= 4 is 17.3 Å². The number of piperidine rings is 1. The molecule has 1 unspecified atom stereocenters. The van der Waals surface area contributed by atoms with Gasteiger partial charge in [0.05, 0.1) is 5.60 Å². The van der Waals surface area contributed by atoms with Crippen LogP contribution in [0.3, 0.4) is 0 Å². The second kappa shape index (κ2) is 5.09. The SMILES string of the molecule is COC1(C)CCCN(C(=O)c2cc(N)cc(N)c2)C1. The molecule has 0 spiro atoms. The molecular formula is C14H21N3O2. The minimum absolute atomic E-state index is 0.0398. The summed E-state index contributed by atoms with van der Waals surface area (Å²) in [6, 6.07) is 4.97. The van der Waals surface area contributed by atoms with Gasteiger partial charge in [-0.3, -0.25) is 4.79 Å². The number of nitrogen functional groups attached to an aromatic ring is 2. The summed E-state index contributed by atoms with van der Waals surface area (Å²) in [6.45, 7) is 3.36. The number of likely N-dealkylation sites (tertiary alicyclic amines) is 1. The van der Waals surface area contributed by atoms with Gasteiger partial charge in [-0.1, -0.05) is 0 Å². The van der Waals surface area contributed by atoms with Crippen LogP contribution in [0.15, 0.2) is 18.2 Å². The van der Waals surface area contributed by atoms with Crippen LogP contribution in [0.2, 0.25) is 0 Å². The van der Waals surface area contributed by atoms with E-state index in [4.69, 9.17) is 16.2 Å². The van der Waals surface area contributed by atoms with Crippen molar-refractivity contribution < 1.29 is 9.53 Å². The van der Waals surface area contributed by atoms with Crippen molar-refractivity contribution in [3.8, 4) is 0 Å². The van der Waals surface area contributed by atoms with E-state index in [2.05, 4.69) is 0 Å². The lowest BCUT2D eigenvalue weighted by molar-refractivity contribution is -0.0440. The predicted molar refractivity (Wildman–Crippen MR) is 75.8 cm³/mol. The molecule has 1 heterocycles. The highest BCUT2D eigenvalue weighted by atomic mass is 16.5. The third kappa shape index (κ3) is 2.98. The Bertz CT molecular complexity index is 469. The molecule has 0 aromatic heterocycles. The Morgan fingerprint density at radius 3 is 2.53 bits per heavy atom. The summed E-state index contributed by atoms with van der Waals surface area (Å²) in [5, 5.41) is 0. The lowest BCUT2D eigenvalue weighted by atomic mass is 9.94. The average molecular weight is 263 g/mol.